The van der Waals surface area contributed by atoms with Gasteiger partial charge >= 0.3 is 0 Å². The highest BCUT2D eigenvalue weighted by molar-refractivity contribution is 7.18. The van der Waals surface area contributed by atoms with Crippen LogP contribution in [0.5, 0.6) is 0 Å². The summed E-state index contributed by atoms with van der Waals surface area (Å²) < 4.78 is 0. The monoisotopic (exact) mass is 471 g/mol. The van der Waals surface area contributed by atoms with Crippen molar-refractivity contribution in [3.8, 4) is 33.4 Å². The molecule has 1 unspecified atom stereocenters. The minimum Gasteiger partial charge on any atom is -0.301 e. The van der Waals surface area contributed by atoms with Crippen molar-refractivity contribution >= 4 is 11.3 Å². The Kier molecular flexibility index (Phi) is 7.42. The van der Waals surface area contributed by atoms with E-state index in [2.05, 4.69) is 59.6 Å². The predicted molar refractivity (Wildman–Crippen MR) is 141 cm³/mol. The van der Waals surface area contributed by atoms with Crippen LogP contribution in [-0.4, -0.2) is 36.1 Å². The van der Waals surface area contributed by atoms with Crippen molar-refractivity contribution in [3.05, 3.63) is 64.8 Å². The molecule has 1 aromatic heterocycles. The zero-order valence-electron chi connectivity index (χ0n) is 20.0. The lowest BCUT2D eigenvalue weighted by molar-refractivity contribution is 0.00630. The van der Waals surface area contributed by atoms with E-state index in [-0.39, 0.29) is 6.04 Å². The van der Waals surface area contributed by atoms with Gasteiger partial charge in [0, 0.05) is 23.9 Å². The minimum absolute atomic E-state index is 0.255. The number of nitrogens with zero attached hydrogens (tertiary/aromatic N) is 2. The number of hydroxylamine groups is 1. The van der Waals surface area contributed by atoms with E-state index in [1.165, 1.54) is 53.1 Å². The Morgan fingerprint density at radius 3 is 2.94 bits per heavy atom. The lowest BCUT2D eigenvalue weighted by Crippen LogP contribution is -2.28. The van der Waals surface area contributed by atoms with Crippen molar-refractivity contribution in [2.75, 3.05) is 26.2 Å². The standard InChI is InChI=1S/C29H33N3OS/c1-3-8-22-11-12-23(19-21(22)4-2)29-30-20-28(34-29)26-10-7-9-25-24(26)13-14-27(25)31-33-18-17-32-15-5-6-16-32/h2,7,9-12,19-20,27,31H,3,5-6,8,13-18H2,1H3. The number of aromatic nitrogens is 1. The van der Waals surface area contributed by atoms with E-state index in [1.807, 2.05) is 6.20 Å². The number of benzene rings is 2. The highest BCUT2D eigenvalue weighted by atomic mass is 32.1. The van der Waals surface area contributed by atoms with Crippen LogP contribution in [0.4, 0.5) is 0 Å². The molecule has 2 aliphatic rings. The molecular formula is C29H33N3OS. The van der Waals surface area contributed by atoms with Gasteiger partial charge in [-0.25, -0.2) is 4.98 Å². The molecule has 2 aromatic carbocycles. The first-order valence-corrected chi connectivity index (χ1v) is 13.4. The van der Waals surface area contributed by atoms with Gasteiger partial charge in [-0.3, -0.25) is 4.84 Å². The van der Waals surface area contributed by atoms with Gasteiger partial charge in [0.2, 0.25) is 0 Å². The van der Waals surface area contributed by atoms with Crippen LogP contribution in [0.25, 0.3) is 21.0 Å². The Labute approximate surface area is 207 Å². The Hall–Kier alpha value is -2.49. The fraction of sp³-hybridized carbons (Fsp3) is 0.414. The fourth-order valence-corrected chi connectivity index (χ4v) is 6.18. The molecule has 2 heterocycles. The van der Waals surface area contributed by atoms with Crippen LogP contribution in [0.3, 0.4) is 0 Å². The van der Waals surface area contributed by atoms with Gasteiger partial charge in [0.15, 0.2) is 0 Å². The zero-order valence-corrected chi connectivity index (χ0v) is 20.8. The zero-order chi connectivity index (χ0) is 23.3. The van der Waals surface area contributed by atoms with Gasteiger partial charge in [0.1, 0.15) is 5.01 Å². The Morgan fingerprint density at radius 2 is 2.12 bits per heavy atom. The molecule has 0 saturated carbocycles. The van der Waals surface area contributed by atoms with Crippen molar-refractivity contribution in [2.45, 2.75) is 51.5 Å². The molecule has 5 rings (SSSR count). The minimum atomic E-state index is 0.255. The second-order valence-corrected chi connectivity index (χ2v) is 10.3. The van der Waals surface area contributed by atoms with E-state index >= 15 is 0 Å². The topological polar surface area (TPSA) is 37.4 Å². The molecule has 3 aromatic rings. The Morgan fingerprint density at radius 1 is 1.24 bits per heavy atom. The van der Waals surface area contributed by atoms with Crippen LogP contribution in [0.2, 0.25) is 0 Å². The molecule has 1 fully saturated rings. The maximum Gasteiger partial charge on any atom is 0.123 e. The summed E-state index contributed by atoms with van der Waals surface area (Å²) in [5.41, 5.74) is 10.7. The molecule has 0 amide bonds. The van der Waals surface area contributed by atoms with Crippen molar-refractivity contribution < 1.29 is 4.84 Å². The number of terminal acetylenes is 1. The van der Waals surface area contributed by atoms with Crippen molar-refractivity contribution in [1.82, 2.24) is 15.4 Å². The number of fused-ring (bicyclic) bond motifs is 1. The van der Waals surface area contributed by atoms with E-state index < -0.39 is 0 Å². The van der Waals surface area contributed by atoms with Gasteiger partial charge in [-0.1, -0.05) is 49.6 Å². The van der Waals surface area contributed by atoms with Crippen LogP contribution >= 0.6 is 11.3 Å². The molecule has 1 aliphatic heterocycles. The highest BCUT2D eigenvalue weighted by Gasteiger charge is 2.26. The van der Waals surface area contributed by atoms with Gasteiger partial charge in [-0.05, 0) is 73.5 Å². The molecule has 1 saturated heterocycles. The van der Waals surface area contributed by atoms with Crippen LogP contribution in [0.15, 0.2) is 42.6 Å². The quantitative estimate of drug-likeness (QED) is 0.235. The fourth-order valence-electron chi connectivity index (χ4n) is 5.21. The largest absolute Gasteiger partial charge is 0.301 e. The second-order valence-electron chi connectivity index (χ2n) is 9.28. The molecule has 1 aliphatic carbocycles. The van der Waals surface area contributed by atoms with Gasteiger partial charge < -0.3 is 4.90 Å². The van der Waals surface area contributed by atoms with Gasteiger partial charge in [0.05, 0.1) is 17.5 Å². The van der Waals surface area contributed by atoms with Crippen molar-refractivity contribution in [1.29, 1.82) is 0 Å². The summed E-state index contributed by atoms with van der Waals surface area (Å²) in [7, 11) is 0. The van der Waals surface area contributed by atoms with Crippen LogP contribution in [-0.2, 0) is 17.7 Å². The third-order valence-corrected chi connectivity index (χ3v) is 8.09. The normalized spacial score (nSPS) is 17.7. The molecular weight excluding hydrogens is 438 g/mol. The Balaban J connectivity index is 1.29. The number of likely N-dealkylation sites (tertiary alicyclic amines) is 1. The lowest BCUT2D eigenvalue weighted by atomic mass is 10.0. The molecule has 176 valence electrons. The van der Waals surface area contributed by atoms with Crippen LogP contribution in [0.1, 0.15) is 60.9 Å². The molecule has 5 heteroatoms. The van der Waals surface area contributed by atoms with E-state index in [0.29, 0.717) is 0 Å². The van der Waals surface area contributed by atoms with Gasteiger partial charge in [-0.15, -0.1) is 17.8 Å². The third-order valence-electron chi connectivity index (χ3n) is 7.01. The van der Waals surface area contributed by atoms with Crippen LogP contribution in [0, 0.1) is 12.3 Å². The lowest BCUT2D eigenvalue weighted by Gasteiger charge is -2.17. The third kappa shape index (κ3) is 4.96. The average Bonchev–Trinajstić information content (AvgIpc) is 3.63. The maximum absolute atomic E-state index is 5.88. The number of thiazole rings is 1. The summed E-state index contributed by atoms with van der Waals surface area (Å²) in [5, 5.41) is 1.02. The molecule has 4 nitrogen and oxygen atoms in total. The number of nitrogens with one attached hydrogen (secondary N) is 1. The molecule has 1 N–H and O–H groups in total. The van der Waals surface area contributed by atoms with Crippen molar-refractivity contribution in [3.63, 3.8) is 0 Å². The smallest absolute Gasteiger partial charge is 0.123 e. The van der Waals surface area contributed by atoms with Crippen LogP contribution < -0.4 is 5.48 Å². The predicted octanol–water partition coefficient (Wildman–Crippen LogP) is 6.02. The first kappa shape index (κ1) is 23.3. The van der Waals surface area contributed by atoms with Gasteiger partial charge in [0.25, 0.3) is 0 Å². The van der Waals surface area contributed by atoms with Crippen molar-refractivity contribution in [2.24, 2.45) is 0 Å². The maximum atomic E-state index is 5.88. The van der Waals surface area contributed by atoms with E-state index in [0.717, 1.165) is 55.0 Å². The first-order chi connectivity index (χ1) is 16.8. The summed E-state index contributed by atoms with van der Waals surface area (Å²) in [6.07, 6.45) is 14.7. The summed E-state index contributed by atoms with van der Waals surface area (Å²) >= 11 is 1.74. The Bertz CT molecular complexity index is 1170. The summed E-state index contributed by atoms with van der Waals surface area (Å²) in [6, 6.07) is 13.3. The van der Waals surface area contributed by atoms with Gasteiger partial charge in [-0.2, -0.15) is 5.48 Å². The number of hydrogen-bond acceptors (Lipinski definition) is 5. The molecule has 34 heavy (non-hydrogen) atoms. The molecule has 0 bridgehead atoms. The summed E-state index contributed by atoms with van der Waals surface area (Å²) in [6.45, 7) is 6.35. The number of rotatable bonds is 9. The second kappa shape index (κ2) is 10.8. The number of hydrogen-bond donors (Lipinski definition) is 1. The molecule has 1 atom stereocenters. The summed E-state index contributed by atoms with van der Waals surface area (Å²) in [5.74, 6) is 2.86. The number of aryl methyl sites for hydroxylation is 1. The summed E-state index contributed by atoms with van der Waals surface area (Å²) in [4.78, 5) is 14.3. The average molecular weight is 472 g/mol. The van der Waals surface area contributed by atoms with E-state index in [4.69, 9.17) is 16.2 Å². The van der Waals surface area contributed by atoms with E-state index in [9.17, 15) is 0 Å². The molecule has 0 radical (unpaired) electrons. The SMILES string of the molecule is C#Cc1cc(-c2ncc(-c3cccc4c3CCC4NOCCN3CCCC3)s2)ccc1CCC. The highest BCUT2D eigenvalue weighted by Crippen LogP contribution is 2.41. The van der Waals surface area contributed by atoms with E-state index in [1.54, 1.807) is 11.3 Å². The molecule has 0 spiro atoms. The first-order valence-electron chi connectivity index (χ1n) is 12.5.